The maximum Gasteiger partial charge on any atom is 0.490 e. The van der Waals surface area contributed by atoms with Crippen LogP contribution in [0.25, 0.3) is 0 Å². The van der Waals surface area contributed by atoms with Crippen LogP contribution < -0.4 is 10.2 Å². The van der Waals surface area contributed by atoms with Gasteiger partial charge >= 0.3 is 18.3 Å². The van der Waals surface area contributed by atoms with Crippen molar-refractivity contribution in [2.45, 2.75) is 30.9 Å². The number of ether oxygens (including phenoxy) is 1. The lowest BCUT2D eigenvalue weighted by Gasteiger charge is -2.22. The number of rotatable bonds is 5. The van der Waals surface area contributed by atoms with Crippen molar-refractivity contribution in [1.29, 1.82) is 0 Å². The molecule has 5 nitrogen and oxygen atoms in total. The molecule has 0 bridgehead atoms. The minimum Gasteiger partial charge on any atom is -0.441 e. The van der Waals surface area contributed by atoms with Gasteiger partial charge in [-0.3, -0.25) is 4.79 Å². The van der Waals surface area contributed by atoms with Crippen molar-refractivity contribution in [1.82, 2.24) is 5.32 Å². The fourth-order valence-electron chi connectivity index (χ4n) is 3.33. The lowest BCUT2D eigenvalue weighted by molar-refractivity contribution is -0.205. The topological polar surface area (TPSA) is 58.6 Å². The van der Waals surface area contributed by atoms with Crippen LogP contribution in [0.4, 0.5) is 32.0 Å². The van der Waals surface area contributed by atoms with E-state index >= 15 is 0 Å². The van der Waals surface area contributed by atoms with Gasteiger partial charge in [0, 0.05) is 30.4 Å². The summed E-state index contributed by atoms with van der Waals surface area (Å²) in [6, 6.07) is 11.3. The average molecular weight is 460 g/mol. The molecular weight excluding hydrogens is 442 g/mol. The fraction of sp³-hybridized carbons (Fsp3) is 0.333. The van der Waals surface area contributed by atoms with Gasteiger partial charge in [-0.15, -0.1) is 0 Å². The molecule has 0 aliphatic carbocycles. The molecule has 0 saturated carbocycles. The SMILES string of the molecule is O=C(N[C@@H]1CCN(c2ccc(C(F)(F)F)cc2)C1)C(OC(=O)C(F)(F)F)c1ccccc1. The zero-order valence-electron chi connectivity index (χ0n) is 16.4. The first kappa shape index (κ1) is 23.4. The minimum atomic E-state index is -5.26. The predicted octanol–water partition coefficient (Wildman–Crippen LogP) is 4.25. The third kappa shape index (κ3) is 5.71. The first-order valence-corrected chi connectivity index (χ1v) is 9.50. The average Bonchev–Trinajstić information content (AvgIpc) is 3.19. The Hall–Kier alpha value is -3.24. The number of amides is 1. The summed E-state index contributed by atoms with van der Waals surface area (Å²) in [4.78, 5) is 25.7. The van der Waals surface area contributed by atoms with Crippen molar-refractivity contribution in [3.8, 4) is 0 Å². The molecule has 2 atom stereocenters. The highest BCUT2D eigenvalue weighted by Gasteiger charge is 2.44. The van der Waals surface area contributed by atoms with Gasteiger partial charge in [0.25, 0.3) is 5.91 Å². The summed E-state index contributed by atoms with van der Waals surface area (Å²) in [5.74, 6) is -3.41. The van der Waals surface area contributed by atoms with Crippen LogP contribution in [0.1, 0.15) is 23.7 Å². The number of hydrogen-bond donors (Lipinski definition) is 1. The molecule has 0 aromatic heterocycles. The molecule has 1 saturated heterocycles. The number of benzene rings is 2. The van der Waals surface area contributed by atoms with Gasteiger partial charge in [0.1, 0.15) is 0 Å². The predicted molar refractivity (Wildman–Crippen MR) is 102 cm³/mol. The minimum absolute atomic E-state index is 0.0696. The van der Waals surface area contributed by atoms with Crippen molar-refractivity contribution in [3.63, 3.8) is 0 Å². The fourth-order valence-corrected chi connectivity index (χ4v) is 3.33. The van der Waals surface area contributed by atoms with E-state index in [2.05, 4.69) is 10.1 Å². The van der Waals surface area contributed by atoms with Crippen molar-refractivity contribution >= 4 is 17.6 Å². The molecule has 32 heavy (non-hydrogen) atoms. The summed E-state index contributed by atoms with van der Waals surface area (Å²) in [5.41, 5.74) is -0.208. The normalized spacial score (nSPS) is 17.7. The number of halogens is 6. The Kier molecular flexibility index (Phi) is 6.65. The van der Waals surface area contributed by atoms with Crippen LogP contribution in [0.2, 0.25) is 0 Å². The molecule has 1 aliphatic rings. The molecule has 1 aliphatic heterocycles. The highest BCUT2D eigenvalue weighted by Crippen LogP contribution is 2.31. The van der Waals surface area contributed by atoms with E-state index in [4.69, 9.17) is 0 Å². The number of anilines is 1. The summed E-state index contributed by atoms with van der Waals surface area (Å²) in [6.45, 7) is 0.639. The van der Waals surface area contributed by atoms with Crippen LogP contribution in [0, 0.1) is 0 Å². The Morgan fingerprint density at radius 3 is 2.16 bits per heavy atom. The van der Waals surface area contributed by atoms with E-state index in [1.54, 1.807) is 11.0 Å². The molecule has 1 fully saturated rings. The van der Waals surface area contributed by atoms with Gasteiger partial charge < -0.3 is 15.0 Å². The molecule has 3 rings (SSSR count). The number of esters is 1. The van der Waals surface area contributed by atoms with Crippen LogP contribution in [0.3, 0.4) is 0 Å². The molecular formula is C21H18F6N2O3. The molecule has 1 amide bonds. The van der Waals surface area contributed by atoms with Gasteiger partial charge in [0.05, 0.1) is 5.56 Å². The van der Waals surface area contributed by atoms with Crippen molar-refractivity contribution in [2.24, 2.45) is 0 Å². The smallest absolute Gasteiger partial charge is 0.441 e. The summed E-state index contributed by atoms with van der Waals surface area (Å²) in [5, 5.41) is 2.56. The summed E-state index contributed by atoms with van der Waals surface area (Å²) >= 11 is 0. The van der Waals surface area contributed by atoms with E-state index in [0.717, 1.165) is 12.1 Å². The quantitative estimate of drug-likeness (QED) is 0.536. The number of alkyl halides is 6. The van der Waals surface area contributed by atoms with Gasteiger partial charge in [-0.25, -0.2) is 4.79 Å². The molecule has 172 valence electrons. The number of carbonyl (C=O) groups is 2. The molecule has 2 aromatic carbocycles. The van der Waals surface area contributed by atoms with E-state index in [-0.39, 0.29) is 12.1 Å². The number of carbonyl (C=O) groups excluding carboxylic acids is 2. The van der Waals surface area contributed by atoms with Crippen LogP contribution >= 0.6 is 0 Å². The summed E-state index contributed by atoms with van der Waals surface area (Å²) in [6.07, 6.45) is -11.1. The first-order chi connectivity index (χ1) is 14.9. The number of nitrogens with one attached hydrogen (secondary N) is 1. The first-order valence-electron chi connectivity index (χ1n) is 9.50. The second-order valence-corrected chi connectivity index (χ2v) is 7.18. The highest BCUT2D eigenvalue weighted by atomic mass is 19.4. The number of nitrogens with zero attached hydrogens (tertiary/aromatic N) is 1. The summed E-state index contributed by atoms with van der Waals surface area (Å²) < 4.78 is 80.5. The molecule has 1 heterocycles. The van der Waals surface area contributed by atoms with Crippen LogP contribution in [-0.4, -0.2) is 37.2 Å². The van der Waals surface area contributed by atoms with Gasteiger partial charge in [-0.2, -0.15) is 26.3 Å². The Bertz CT molecular complexity index is 945. The van der Waals surface area contributed by atoms with E-state index in [9.17, 15) is 35.9 Å². The maximum absolute atomic E-state index is 12.7. The second-order valence-electron chi connectivity index (χ2n) is 7.18. The Morgan fingerprint density at radius 1 is 0.969 bits per heavy atom. The van der Waals surface area contributed by atoms with Gasteiger partial charge in [0.15, 0.2) is 0 Å². The van der Waals surface area contributed by atoms with E-state index in [0.29, 0.717) is 18.7 Å². The van der Waals surface area contributed by atoms with Crippen LogP contribution in [0.5, 0.6) is 0 Å². The Labute approximate surface area is 179 Å². The monoisotopic (exact) mass is 460 g/mol. The second kappa shape index (κ2) is 9.09. The van der Waals surface area contributed by atoms with E-state index in [1.165, 1.54) is 36.4 Å². The number of hydrogen-bond acceptors (Lipinski definition) is 4. The Balaban J connectivity index is 1.67. The van der Waals surface area contributed by atoms with Crippen LogP contribution in [0.15, 0.2) is 54.6 Å². The molecule has 2 aromatic rings. The lowest BCUT2D eigenvalue weighted by atomic mass is 10.1. The van der Waals surface area contributed by atoms with E-state index < -0.39 is 41.9 Å². The molecule has 0 radical (unpaired) electrons. The molecule has 1 N–H and O–H groups in total. The van der Waals surface area contributed by atoms with Crippen LogP contribution in [-0.2, 0) is 20.5 Å². The zero-order chi connectivity index (χ0) is 23.5. The van der Waals surface area contributed by atoms with Gasteiger partial charge in [-0.1, -0.05) is 30.3 Å². The third-order valence-electron chi connectivity index (χ3n) is 4.89. The maximum atomic E-state index is 12.7. The van der Waals surface area contributed by atoms with Gasteiger partial charge in [-0.05, 0) is 30.7 Å². The Morgan fingerprint density at radius 2 is 1.59 bits per heavy atom. The lowest BCUT2D eigenvalue weighted by Crippen LogP contribution is -2.42. The standard InChI is InChI=1S/C21H18F6N2O3/c22-20(23,24)14-6-8-16(9-7-14)29-11-10-15(12-29)28-18(30)17(13-4-2-1-3-5-13)32-19(31)21(25,26)27/h1-9,15,17H,10-12H2,(H,28,30)/t15-,17?/m1/s1. The summed E-state index contributed by atoms with van der Waals surface area (Å²) in [7, 11) is 0. The zero-order valence-corrected chi connectivity index (χ0v) is 16.4. The van der Waals surface area contributed by atoms with E-state index in [1.807, 2.05) is 0 Å². The van der Waals surface area contributed by atoms with Crippen molar-refractivity contribution < 1.29 is 40.7 Å². The third-order valence-corrected chi connectivity index (χ3v) is 4.89. The molecule has 1 unspecified atom stereocenters. The largest absolute Gasteiger partial charge is 0.490 e. The van der Waals surface area contributed by atoms with Gasteiger partial charge in [0.2, 0.25) is 6.10 Å². The molecule has 0 spiro atoms. The molecule has 11 heteroatoms. The highest BCUT2D eigenvalue weighted by molar-refractivity contribution is 5.86. The van der Waals surface area contributed by atoms with Crippen molar-refractivity contribution in [3.05, 3.63) is 65.7 Å². The van der Waals surface area contributed by atoms with Crippen molar-refractivity contribution in [2.75, 3.05) is 18.0 Å².